The molecule has 2 heterocycles. The lowest BCUT2D eigenvalue weighted by molar-refractivity contribution is -0.138. The fraction of sp³-hybridized carbons (Fsp3) is 0.261. The van der Waals surface area contributed by atoms with Crippen molar-refractivity contribution in [3.05, 3.63) is 64.8 Å². The van der Waals surface area contributed by atoms with Gasteiger partial charge in [-0.25, -0.2) is 9.97 Å². The summed E-state index contributed by atoms with van der Waals surface area (Å²) in [7, 11) is 0. The zero-order valence-corrected chi connectivity index (χ0v) is 17.5. The summed E-state index contributed by atoms with van der Waals surface area (Å²) in [5.74, 6) is 0.233. The largest absolute Gasteiger partial charge is 0.417 e. The minimum atomic E-state index is -4.60. The molecule has 0 atom stereocenters. The van der Waals surface area contributed by atoms with Gasteiger partial charge in [-0.15, -0.1) is 0 Å². The molecule has 176 valence electrons. The van der Waals surface area contributed by atoms with Gasteiger partial charge in [-0.2, -0.15) is 31.4 Å². The van der Waals surface area contributed by atoms with Crippen molar-refractivity contribution in [2.45, 2.75) is 38.0 Å². The Hall–Kier alpha value is -3.63. The van der Waals surface area contributed by atoms with E-state index in [0.29, 0.717) is 24.1 Å². The van der Waals surface area contributed by atoms with Gasteiger partial charge in [0.25, 0.3) is 0 Å². The molecule has 2 N–H and O–H groups in total. The van der Waals surface area contributed by atoms with Crippen LogP contribution in [0, 0.1) is 0 Å². The zero-order chi connectivity index (χ0) is 24.1. The van der Waals surface area contributed by atoms with Gasteiger partial charge in [0, 0.05) is 22.2 Å². The van der Waals surface area contributed by atoms with Crippen molar-refractivity contribution in [3.8, 4) is 11.4 Å². The smallest absolute Gasteiger partial charge is 0.323 e. The Morgan fingerprint density at radius 3 is 2.35 bits per heavy atom. The Bertz CT molecular complexity index is 1370. The zero-order valence-electron chi connectivity index (χ0n) is 17.5. The third kappa shape index (κ3) is 4.06. The van der Waals surface area contributed by atoms with E-state index in [0.717, 1.165) is 36.6 Å². The van der Waals surface area contributed by atoms with Crippen LogP contribution in [-0.2, 0) is 25.2 Å². The van der Waals surface area contributed by atoms with Gasteiger partial charge in [-0.05, 0) is 49.9 Å². The molecule has 34 heavy (non-hydrogen) atoms. The van der Waals surface area contributed by atoms with Gasteiger partial charge in [-0.3, -0.25) is 5.10 Å². The summed E-state index contributed by atoms with van der Waals surface area (Å²) < 4.78 is 80.5. The third-order valence-corrected chi connectivity index (χ3v) is 5.78. The van der Waals surface area contributed by atoms with Gasteiger partial charge in [0.05, 0.1) is 16.6 Å². The van der Waals surface area contributed by atoms with Crippen molar-refractivity contribution in [2.75, 3.05) is 5.32 Å². The van der Waals surface area contributed by atoms with E-state index in [2.05, 4.69) is 25.5 Å². The van der Waals surface area contributed by atoms with E-state index >= 15 is 0 Å². The van der Waals surface area contributed by atoms with Crippen LogP contribution in [0.3, 0.4) is 0 Å². The Morgan fingerprint density at radius 1 is 0.824 bits per heavy atom. The van der Waals surface area contributed by atoms with Crippen LogP contribution in [0.25, 0.3) is 22.3 Å². The highest BCUT2D eigenvalue weighted by molar-refractivity contribution is 5.92. The molecule has 1 aliphatic carbocycles. The lowest BCUT2D eigenvalue weighted by atomic mass is 9.95. The van der Waals surface area contributed by atoms with Gasteiger partial charge in [0.15, 0.2) is 11.6 Å². The second-order valence-electron chi connectivity index (χ2n) is 8.03. The second-order valence-corrected chi connectivity index (χ2v) is 8.03. The van der Waals surface area contributed by atoms with Crippen molar-refractivity contribution < 1.29 is 26.3 Å². The first kappa shape index (κ1) is 22.2. The lowest BCUT2D eigenvalue weighted by Gasteiger charge is -2.20. The van der Waals surface area contributed by atoms with Gasteiger partial charge in [-0.1, -0.05) is 18.2 Å². The van der Waals surface area contributed by atoms with Crippen molar-refractivity contribution >= 4 is 22.5 Å². The maximum absolute atomic E-state index is 13.6. The number of hydrogen-bond acceptors (Lipinski definition) is 4. The quantitative estimate of drug-likeness (QED) is 0.323. The maximum Gasteiger partial charge on any atom is 0.417 e. The number of alkyl halides is 6. The first-order valence-electron chi connectivity index (χ1n) is 10.5. The number of halogens is 6. The van der Waals surface area contributed by atoms with Gasteiger partial charge < -0.3 is 5.32 Å². The standard InChI is InChI=1S/C23H17F6N5/c24-22(25,26)12-9-10-18-15(11-12)21(34-33-18)32-20-14-6-2-4-8-17(14)30-19(31-20)13-5-1-3-7-16(13)23(27,28)29/h1,3,5,7,9-11H,2,4,6,8H2,(H2,30,31,32,33,34). The van der Waals surface area contributed by atoms with Crippen LogP contribution in [0.2, 0.25) is 0 Å². The summed E-state index contributed by atoms with van der Waals surface area (Å²) in [6.45, 7) is 0. The average molecular weight is 477 g/mol. The van der Waals surface area contributed by atoms with Crippen LogP contribution >= 0.6 is 0 Å². The number of nitrogens with zero attached hydrogens (tertiary/aromatic N) is 3. The predicted octanol–water partition coefficient (Wildman–Crippen LogP) is 6.68. The van der Waals surface area contributed by atoms with E-state index in [1.165, 1.54) is 24.3 Å². The molecular weight excluding hydrogens is 460 g/mol. The third-order valence-electron chi connectivity index (χ3n) is 5.78. The molecule has 0 fully saturated rings. The molecule has 0 amide bonds. The van der Waals surface area contributed by atoms with Crippen LogP contribution in [0.1, 0.15) is 35.2 Å². The Morgan fingerprint density at radius 2 is 1.59 bits per heavy atom. The fourth-order valence-corrected chi connectivity index (χ4v) is 4.14. The summed E-state index contributed by atoms with van der Waals surface area (Å²) in [4.78, 5) is 8.81. The average Bonchev–Trinajstić information content (AvgIpc) is 3.20. The molecule has 4 aromatic rings. The topological polar surface area (TPSA) is 66.5 Å². The van der Waals surface area contributed by atoms with Crippen LogP contribution < -0.4 is 5.32 Å². The van der Waals surface area contributed by atoms with Crippen LogP contribution in [0.15, 0.2) is 42.5 Å². The molecule has 2 aromatic carbocycles. The Labute approximate surface area is 189 Å². The van der Waals surface area contributed by atoms with E-state index < -0.39 is 23.5 Å². The molecule has 5 rings (SSSR count). The number of benzene rings is 2. The van der Waals surface area contributed by atoms with Gasteiger partial charge in [0.1, 0.15) is 5.82 Å². The Kier molecular flexibility index (Phi) is 5.22. The molecule has 1 aliphatic rings. The van der Waals surface area contributed by atoms with E-state index in [4.69, 9.17) is 0 Å². The number of aryl methyl sites for hydroxylation is 1. The van der Waals surface area contributed by atoms with E-state index in [1.807, 2.05) is 0 Å². The first-order chi connectivity index (χ1) is 16.1. The fourth-order valence-electron chi connectivity index (χ4n) is 4.14. The molecule has 11 heteroatoms. The van der Waals surface area contributed by atoms with E-state index in [9.17, 15) is 26.3 Å². The normalized spacial score (nSPS) is 14.3. The predicted molar refractivity (Wildman–Crippen MR) is 113 cm³/mol. The molecule has 0 saturated heterocycles. The number of nitrogens with one attached hydrogen (secondary N) is 2. The summed E-state index contributed by atoms with van der Waals surface area (Å²) in [6.07, 6.45) is -6.32. The number of aromatic nitrogens is 4. The summed E-state index contributed by atoms with van der Waals surface area (Å²) in [5, 5.41) is 9.90. The highest BCUT2D eigenvalue weighted by Gasteiger charge is 2.35. The maximum atomic E-state index is 13.6. The summed E-state index contributed by atoms with van der Waals surface area (Å²) >= 11 is 0. The number of hydrogen-bond donors (Lipinski definition) is 2. The van der Waals surface area contributed by atoms with Gasteiger partial charge in [0.2, 0.25) is 0 Å². The van der Waals surface area contributed by atoms with Crippen LogP contribution in [0.4, 0.5) is 38.0 Å². The van der Waals surface area contributed by atoms with E-state index in [-0.39, 0.29) is 28.4 Å². The van der Waals surface area contributed by atoms with Crippen LogP contribution in [-0.4, -0.2) is 20.2 Å². The van der Waals surface area contributed by atoms with Gasteiger partial charge >= 0.3 is 12.4 Å². The molecule has 0 aliphatic heterocycles. The molecule has 0 unspecified atom stereocenters. The second kappa shape index (κ2) is 8.00. The van der Waals surface area contributed by atoms with E-state index in [1.54, 1.807) is 0 Å². The summed E-state index contributed by atoms with van der Waals surface area (Å²) in [5.41, 5.74) is -0.154. The first-order valence-corrected chi connectivity index (χ1v) is 10.5. The molecule has 0 bridgehead atoms. The Balaban J connectivity index is 1.64. The molecular formula is C23H17F6N5. The minimum Gasteiger partial charge on any atom is -0.323 e. The monoisotopic (exact) mass is 477 g/mol. The SMILES string of the molecule is FC(F)(F)c1ccc2[nH]nc(Nc3nc(-c4ccccc4C(F)(F)F)nc4c3CCCC4)c2c1. The number of H-pyrrole nitrogens is 1. The number of aromatic amines is 1. The molecule has 2 aromatic heterocycles. The van der Waals surface area contributed by atoms with Crippen molar-refractivity contribution in [2.24, 2.45) is 0 Å². The van der Waals surface area contributed by atoms with Crippen LogP contribution in [0.5, 0.6) is 0 Å². The highest BCUT2D eigenvalue weighted by Crippen LogP contribution is 2.38. The molecule has 0 spiro atoms. The molecule has 0 radical (unpaired) electrons. The van der Waals surface area contributed by atoms with Crippen molar-refractivity contribution in [1.82, 2.24) is 20.2 Å². The molecule has 0 saturated carbocycles. The number of rotatable bonds is 3. The highest BCUT2D eigenvalue weighted by atomic mass is 19.4. The van der Waals surface area contributed by atoms with Crippen molar-refractivity contribution in [3.63, 3.8) is 0 Å². The molecule has 5 nitrogen and oxygen atoms in total. The number of fused-ring (bicyclic) bond motifs is 2. The lowest BCUT2D eigenvalue weighted by Crippen LogP contribution is -2.14. The van der Waals surface area contributed by atoms with Crippen molar-refractivity contribution in [1.29, 1.82) is 0 Å². The summed E-state index contributed by atoms with van der Waals surface area (Å²) in [6, 6.07) is 8.22. The number of anilines is 2. The minimum absolute atomic E-state index is 0.0997.